The average Bonchev–Trinajstić information content (AvgIpc) is 3.04. The highest BCUT2D eigenvalue weighted by molar-refractivity contribution is 9.10. The van der Waals surface area contributed by atoms with E-state index in [1.54, 1.807) is 11.0 Å². The lowest BCUT2D eigenvalue weighted by molar-refractivity contribution is -0.139. The van der Waals surface area contributed by atoms with Crippen LogP contribution in [0.1, 0.15) is 12.0 Å². The van der Waals surface area contributed by atoms with Crippen LogP contribution in [0.15, 0.2) is 46.9 Å². The van der Waals surface area contributed by atoms with E-state index in [2.05, 4.69) is 15.9 Å². The summed E-state index contributed by atoms with van der Waals surface area (Å²) >= 11 is 3.38. The number of hydrogen-bond donors (Lipinski definition) is 0. The minimum Gasteiger partial charge on any atom is -0.493 e. The first-order valence-corrected chi connectivity index (χ1v) is 8.67. The predicted molar refractivity (Wildman–Crippen MR) is 97.9 cm³/mol. The van der Waals surface area contributed by atoms with Gasteiger partial charge in [0.1, 0.15) is 0 Å². The summed E-state index contributed by atoms with van der Waals surface area (Å²) in [6, 6.07) is 13.9. The van der Waals surface area contributed by atoms with Gasteiger partial charge in [0, 0.05) is 29.2 Å². The standard InChI is InChI=1S/C19H15BrN2O4/c1-25-17-7-12(10-21)5-6-16(17)26-19(24)13-8-18(23)22(11-13)15-4-2-3-14(20)9-15/h2-7,9,13H,8,11H2,1H3. The lowest BCUT2D eigenvalue weighted by atomic mass is 10.1. The molecule has 0 aliphatic carbocycles. The first-order valence-electron chi connectivity index (χ1n) is 7.87. The van der Waals surface area contributed by atoms with Gasteiger partial charge < -0.3 is 14.4 Å². The normalized spacial score (nSPS) is 16.3. The van der Waals surface area contributed by atoms with E-state index in [1.807, 2.05) is 30.3 Å². The number of nitriles is 1. The monoisotopic (exact) mass is 414 g/mol. The predicted octanol–water partition coefficient (Wildman–Crippen LogP) is 3.29. The van der Waals surface area contributed by atoms with Crippen LogP contribution in [0.4, 0.5) is 5.69 Å². The molecule has 1 fully saturated rings. The first-order chi connectivity index (χ1) is 12.5. The number of halogens is 1. The van der Waals surface area contributed by atoms with E-state index in [1.165, 1.54) is 19.2 Å². The molecule has 0 N–H and O–H groups in total. The van der Waals surface area contributed by atoms with Gasteiger partial charge in [0.15, 0.2) is 11.5 Å². The molecule has 0 spiro atoms. The summed E-state index contributed by atoms with van der Waals surface area (Å²) in [5.41, 5.74) is 1.13. The van der Waals surface area contributed by atoms with Crippen LogP contribution in [0.2, 0.25) is 0 Å². The summed E-state index contributed by atoms with van der Waals surface area (Å²) in [4.78, 5) is 26.4. The summed E-state index contributed by atoms with van der Waals surface area (Å²) in [6.45, 7) is 0.257. The van der Waals surface area contributed by atoms with Gasteiger partial charge in [-0.2, -0.15) is 5.26 Å². The minimum atomic E-state index is -0.568. The molecule has 1 atom stereocenters. The molecule has 2 aromatic carbocycles. The zero-order chi connectivity index (χ0) is 18.7. The summed E-state index contributed by atoms with van der Waals surface area (Å²) in [5, 5.41) is 8.93. The molecule has 0 saturated carbocycles. The maximum Gasteiger partial charge on any atom is 0.316 e. The Hall–Kier alpha value is -2.85. The lowest BCUT2D eigenvalue weighted by Crippen LogP contribution is -2.27. The Balaban J connectivity index is 1.74. The van der Waals surface area contributed by atoms with Gasteiger partial charge in [-0.05, 0) is 30.3 Å². The van der Waals surface area contributed by atoms with Gasteiger partial charge in [-0.1, -0.05) is 22.0 Å². The Morgan fingerprint density at radius 1 is 1.27 bits per heavy atom. The number of ether oxygens (including phenoxy) is 2. The number of esters is 1. The Morgan fingerprint density at radius 3 is 2.77 bits per heavy atom. The highest BCUT2D eigenvalue weighted by Crippen LogP contribution is 2.31. The Kier molecular flexibility index (Phi) is 5.24. The van der Waals surface area contributed by atoms with Crippen molar-refractivity contribution < 1.29 is 19.1 Å². The van der Waals surface area contributed by atoms with Crippen LogP contribution in [-0.4, -0.2) is 25.5 Å². The van der Waals surface area contributed by atoms with Crippen molar-refractivity contribution in [2.75, 3.05) is 18.6 Å². The summed E-state index contributed by atoms with van der Waals surface area (Å²) in [5.74, 6) is -0.673. The largest absolute Gasteiger partial charge is 0.493 e. The van der Waals surface area contributed by atoms with Crippen molar-refractivity contribution >= 4 is 33.5 Å². The quantitative estimate of drug-likeness (QED) is 0.566. The molecule has 3 rings (SSSR count). The van der Waals surface area contributed by atoms with Gasteiger partial charge in [-0.3, -0.25) is 9.59 Å². The zero-order valence-corrected chi connectivity index (χ0v) is 15.5. The molecule has 0 bridgehead atoms. The number of anilines is 1. The van der Waals surface area contributed by atoms with Crippen LogP contribution in [0, 0.1) is 17.2 Å². The number of carbonyl (C=O) groups is 2. The summed E-state index contributed by atoms with van der Waals surface area (Å²) in [7, 11) is 1.43. The van der Waals surface area contributed by atoms with Crippen molar-refractivity contribution in [1.29, 1.82) is 5.26 Å². The Labute approximate surface area is 159 Å². The van der Waals surface area contributed by atoms with Gasteiger partial charge in [0.2, 0.25) is 5.91 Å². The molecule has 1 unspecified atom stereocenters. The average molecular weight is 415 g/mol. The van der Waals surface area contributed by atoms with E-state index >= 15 is 0 Å². The molecular formula is C19H15BrN2O4. The third kappa shape index (κ3) is 3.70. The third-order valence-corrected chi connectivity index (χ3v) is 4.57. The molecule has 1 aliphatic heterocycles. The van der Waals surface area contributed by atoms with Crippen molar-refractivity contribution in [2.24, 2.45) is 5.92 Å². The van der Waals surface area contributed by atoms with E-state index in [0.29, 0.717) is 11.3 Å². The van der Waals surface area contributed by atoms with Crippen molar-refractivity contribution in [1.82, 2.24) is 0 Å². The van der Waals surface area contributed by atoms with Gasteiger partial charge in [0.25, 0.3) is 0 Å². The zero-order valence-electron chi connectivity index (χ0n) is 13.9. The smallest absolute Gasteiger partial charge is 0.316 e. The number of methoxy groups -OCH3 is 1. The molecule has 1 amide bonds. The molecule has 26 heavy (non-hydrogen) atoms. The summed E-state index contributed by atoms with van der Waals surface area (Å²) in [6.07, 6.45) is 0.0872. The van der Waals surface area contributed by atoms with Crippen LogP contribution < -0.4 is 14.4 Å². The number of amides is 1. The molecule has 0 radical (unpaired) electrons. The Morgan fingerprint density at radius 2 is 2.08 bits per heavy atom. The van der Waals surface area contributed by atoms with Gasteiger partial charge in [0.05, 0.1) is 24.7 Å². The second kappa shape index (κ2) is 7.58. The number of nitrogens with zero attached hydrogens (tertiary/aromatic N) is 2. The molecule has 6 nitrogen and oxygen atoms in total. The fourth-order valence-corrected chi connectivity index (χ4v) is 3.16. The van der Waals surface area contributed by atoms with E-state index in [9.17, 15) is 9.59 Å². The number of carbonyl (C=O) groups excluding carboxylic acids is 2. The second-order valence-electron chi connectivity index (χ2n) is 5.78. The van der Waals surface area contributed by atoms with Crippen LogP contribution in [0.5, 0.6) is 11.5 Å². The molecule has 132 valence electrons. The maximum atomic E-state index is 12.5. The molecule has 2 aromatic rings. The molecule has 0 aromatic heterocycles. The van der Waals surface area contributed by atoms with Gasteiger partial charge >= 0.3 is 5.97 Å². The lowest BCUT2D eigenvalue weighted by Gasteiger charge is -2.17. The van der Waals surface area contributed by atoms with Crippen LogP contribution in [-0.2, 0) is 9.59 Å². The van der Waals surface area contributed by atoms with Crippen molar-refractivity contribution in [3.8, 4) is 17.6 Å². The Bertz CT molecular complexity index is 907. The topological polar surface area (TPSA) is 79.6 Å². The van der Waals surface area contributed by atoms with E-state index in [4.69, 9.17) is 14.7 Å². The van der Waals surface area contributed by atoms with E-state index in [0.717, 1.165) is 10.2 Å². The molecule has 1 saturated heterocycles. The first kappa shape index (κ1) is 18.0. The number of rotatable bonds is 4. The van der Waals surface area contributed by atoms with Gasteiger partial charge in [-0.25, -0.2) is 0 Å². The molecule has 7 heteroatoms. The van der Waals surface area contributed by atoms with Crippen LogP contribution in [0.25, 0.3) is 0 Å². The molecule has 1 heterocycles. The van der Waals surface area contributed by atoms with E-state index in [-0.39, 0.29) is 24.6 Å². The van der Waals surface area contributed by atoms with Crippen molar-refractivity contribution in [3.05, 3.63) is 52.5 Å². The highest BCUT2D eigenvalue weighted by Gasteiger charge is 2.36. The minimum absolute atomic E-state index is 0.0872. The van der Waals surface area contributed by atoms with Crippen molar-refractivity contribution in [2.45, 2.75) is 6.42 Å². The molecular weight excluding hydrogens is 400 g/mol. The maximum absolute atomic E-state index is 12.5. The van der Waals surface area contributed by atoms with Gasteiger partial charge in [-0.15, -0.1) is 0 Å². The van der Waals surface area contributed by atoms with Crippen LogP contribution in [0.3, 0.4) is 0 Å². The van der Waals surface area contributed by atoms with Crippen molar-refractivity contribution in [3.63, 3.8) is 0 Å². The number of hydrogen-bond acceptors (Lipinski definition) is 5. The third-order valence-electron chi connectivity index (χ3n) is 4.08. The highest BCUT2D eigenvalue weighted by atomic mass is 79.9. The molecule has 1 aliphatic rings. The second-order valence-corrected chi connectivity index (χ2v) is 6.70. The summed E-state index contributed by atoms with van der Waals surface area (Å²) < 4.78 is 11.4. The van der Waals surface area contributed by atoms with Crippen LogP contribution >= 0.6 is 15.9 Å². The SMILES string of the molecule is COc1cc(C#N)ccc1OC(=O)C1CC(=O)N(c2cccc(Br)c2)C1. The fraction of sp³-hybridized carbons (Fsp3) is 0.211. The fourth-order valence-electron chi connectivity index (χ4n) is 2.77. The van der Waals surface area contributed by atoms with E-state index < -0.39 is 11.9 Å². The number of benzene rings is 2.